The molecule has 0 aromatic rings. The van der Waals surface area contributed by atoms with Gasteiger partial charge >= 0.3 is 5.97 Å². The minimum Gasteiger partial charge on any atom is -0.450 e. The molecule has 0 heterocycles. The third-order valence-electron chi connectivity index (χ3n) is 9.23. The summed E-state index contributed by atoms with van der Waals surface area (Å²) >= 11 is 0. The summed E-state index contributed by atoms with van der Waals surface area (Å²) < 4.78 is 5.97. The van der Waals surface area contributed by atoms with E-state index in [1.807, 2.05) is 19.9 Å². The van der Waals surface area contributed by atoms with E-state index in [0.717, 1.165) is 31.3 Å². The number of carbonyl (C=O) groups is 3. The predicted molar refractivity (Wildman–Crippen MR) is 118 cm³/mol. The van der Waals surface area contributed by atoms with Crippen molar-refractivity contribution in [2.45, 2.75) is 83.8 Å². The van der Waals surface area contributed by atoms with E-state index in [9.17, 15) is 24.6 Å². The molecule has 0 radical (unpaired) electrons. The zero-order chi connectivity index (χ0) is 23.3. The summed E-state index contributed by atoms with van der Waals surface area (Å²) in [5, 5.41) is 21.3. The zero-order valence-electron chi connectivity index (χ0n) is 19.4. The average Bonchev–Trinajstić information content (AvgIpc) is 3.04. The predicted octanol–water partition coefficient (Wildman–Crippen LogP) is 3.30. The molecule has 4 aliphatic rings. The summed E-state index contributed by atoms with van der Waals surface area (Å²) in [6, 6.07) is 0. The van der Waals surface area contributed by atoms with Gasteiger partial charge in [0.15, 0.2) is 11.4 Å². The zero-order valence-corrected chi connectivity index (χ0v) is 19.4. The van der Waals surface area contributed by atoms with Crippen LogP contribution in [0.2, 0.25) is 0 Å². The Bertz CT molecular complexity index is 874. The Kier molecular flexibility index (Phi) is 6.00. The molecule has 0 unspecified atom stereocenters. The Labute approximate surface area is 190 Å². The Morgan fingerprint density at radius 1 is 1.25 bits per heavy atom. The number of hydrogen-bond donors (Lipinski definition) is 2. The summed E-state index contributed by atoms with van der Waals surface area (Å²) in [6.45, 7) is 5.39. The fourth-order valence-electron chi connectivity index (χ4n) is 7.69. The van der Waals surface area contributed by atoms with Crippen LogP contribution in [0.4, 0.5) is 0 Å². The first-order valence-corrected chi connectivity index (χ1v) is 12.1. The number of aliphatic hydroxyl groups is 2. The SMILES string of the molecule is CCCCC(=O)O[C@]1(C(=O)CO)CC[C@H]2[C@@H]3CCC4=CC(=O)C=C[C@]4(C)[C@H]3[C@@H](O)C[C@@]21C. The van der Waals surface area contributed by atoms with Crippen molar-refractivity contribution in [1.29, 1.82) is 0 Å². The number of fused-ring (bicyclic) bond motifs is 5. The van der Waals surface area contributed by atoms with Crippen molar-refractivity contribution in [3.8, 4) is 0 Å². The third kappa shape index (κ3) is 3.25. The van der Waals surface area contributed by atoms with Gasteiger partial charge in [-0.05, 0) is 62.5 Å². The molecule has 0 amide bonds. The van der Waals surface area contributed by atoms with Crippen molar-refractivity contribution in [3.63, 3.8) is 0 Å². The normalized spacial score (nSPS) is 42.5. The number of rotatable bonds is 6. The molecule has 176 valence electrons. The van der Waals surface area contributed by atoms with Crippen molar-refractivity contribution >= 4 is 17.5 Å². The molecule has 6 nitrogen and oxygen atoms in total. The number of ketones is 2. The second kappa shape index (κ2) is 8.21. The largest absolute Gasteiger partial charge is 0.450 e. The fourth-order valence-corrected chi connectivity index (χ4v) is 7.69. The molecular formula is C26H36O6. The van der Waals surface area contributed by atoms with E-state index in [2.05, 4.69) is 6.92 Å². The maximum Gasteiger partial charge on any atom is 0.306 e. The highest BCUT2D eigenvalue weighted by atomic mass is 16.6. The van der Waals surface area contributed by atoms with Crippen LogP contribution in [0.5, 0.6) is 0 Å². The third-order valence-corrected chi connectivity index (χ3v) is 9.23. The molecule has 32 heavy (non-hydrogen) atoms. The van der Waals surface area contributed by atoms with Crippen LogP contribution in [0.15, 0.2) is 23.8 Å². The highest BCUT2D eigenvalue weighted by Crippen LogP contribution is 2.67. The van der Waals surface area contributed by atoms with Crippen LogP contribution >= 0.6 is 0 Å². The summed E-state index contributed by atoms with van der Waals surface area (Å²) in [6.07, 6.45) is 9.42. The van der Waals surface area contributed by atoms with Crippen molar-refractivity contribution in [2.24, 2.45) is 28.6 Å². The molecule has 4 rings (SSSR count). The number of hydrogen-bond acceptors (Lipinski definition) is 6. The van der Waals surface area contributed by atoms with Crippen molar-refractivity contribution in [1.82, 2.24) is 0 Å². The van der Waals surface area contributed by atoms with Gasteiger partial charge in [0.1, 0.15) is 6.61 Å². The van der Waals surface area contributed by atoms with E-state index in [-0.39, 0.29) is 35.4 Å². The molecule has 0 aromatic heterocycles. The number of carbonyl (C=O) groups excluding carboxylic acids is 3. The molecule has 0 aliphatic heterocycles. The first kappa shape index (κ1) is 23.4. The van der Waals surface area contributed by atoms with E-state index in [0.29, 0.717) is 19.3 Å². The number of allylic oxidation sites excluding steroid dienone is 4. The van der Waals surface area contributed by atoms with Gasteiger partial charge in [-0.15, -0.1) is 0 Å². The molecular weight excluding hydrogens is 408 g/mol. The van der Waals surface area contributed by atoms with Gasteiger partial charge in [-0.2, -0.15) is 0 Å². The lowest BCUT2D eigenvalue weighted by molar-refractivity contribution is -0.200. The van der Waals surface area contributed by atoms with Crippen molar-refractivity contribution < 1.29 is 29.3 Å². The van der Waals surface area contributed by atoms with Gasteiger partial charge in [-0.25, -0.2) is 0 Å². The van der Waals surface area contributed by atoms with Crippen LogP contribution in [0.1, 0.15) is 72.1 Å². The van der Waals surface area contributed by atoms with Gasteiger partial charge in [0.05, 0.1) is 6.10 Å². The second-order valence-corrected chi connectivity index (χ2v) is 10.7. The highest BCUT2D eigenvalue weighted by Gasteiger charge is 2.70. The van der Waals surface area contributed by atoms with E-state index in [1.165, 1.54) is 0 Å². The molecule has 0 saturated heterocycles. The van der Waals surface area contributed by atoms with Gasteiger partial charge in [-0.3, -0.25) is 14.4 Å². The number of ether oxygens (including phenoxy) is 1. The Hall–Kier alpha value is -1.79. The van der Waals surface area contributed by atoms with Crippen LogP contribution in [0.25, 0.3) is 0 Å². The number of esters is 1. The van der Waals surface area contributed by atoms with Crippen molar-refractivity contribution in [2.75, 3.05) is 6.61 Å². The molecule has 6 heteroatoms. The molecule has 2 N–H and O–H groups in total. The average molecular weight is 445 g/mol. The van der Waals surface area contributed by atoms with E-state index in [1.54, 1.807) is 12.2 Å². The highest BCUT2D eigenvalue weighted by molar-refractivity contribution is 6.01. The number of unbranched alkanes of at least 4 members (excludes halogenated alkanes) is 1. The molecule has 3 saturated carbocycles. The van der Waals surface area contributed by atoms with Gasteiger partial charge in [0.2, 0.25) is 5.78 Å². The summed E-state index contributed by atoms with van der Waals surface area (Å²) in [4.78, 5) is 37.8. The van der Waals surface area contributed by atoms with Crippen LogP contribution in [0, 0.1) is 28.6 Å². The summed E-state index contributed by atoms with van der Waals surface area (Å²) in [5.74, 6) is -0.675. The fraction of sp³-hybridized carbons (Fsp3) is 0.731. The molecule has 0 bridgehead atoms. The molecule has 4 aliphatic carbocycles. The van der Waals surface area contributed by atoms with Gasteiger partial charge < -0.3 is 14.9 Å². The minimum atomic E-state index is -1.39. The minimum absolute atomic E-state index is 0.00141. The van der Waals surface area contributed by atoms with Gasteiger partial charge in [0, 0.05) is 23.2 Å². The molecule has 7 atom stereocenters. The standard InChI is InChI=1S/C26H36O6/c1-4-5-6-22(31)32-26(21(30)15-27)12-10-19-18-8-7-16-13-17(28)9-11-24(16,2)23(18)20(29)14-25(19,26)3/h9,11,13,18-20,23,27,29H,4-8,10,12,14-15H2,1-3H3/t18-,19-,20-,23+,24-,25-,26-/m0/s1. The lowest BCUT2D eigenvalue weighted by Gasteiger charge is -2.59. The summed E-state index contributed by atoms with van der Waals surface area (Å²) in [5.41, 5.74) is -1.43. The monoisotopic (exact) mass is 444 g/mol. The Balaban J connectivity index is 1.70. The first-order chi connectivity index (χ1) is 15.1. The number of Topliss-reactive ketones (excluding diaryl/α,β-unsaturated/α-hetero) is 1. The van der Waals surface area contributed by atoms with Crippen LogP contribution < -0.4 is 0 Å². The van der Waals surface area contributed by atoms with E-state index < -0.39 is 35.5 Å². The molecule has 3 fully saturated rings. The number of aliphatic hydroxyl groups excluding tert-OH is 2. The maximum atomic E-state index is 13.1. The van der Waals surface area contributed by atoms with E-state index >= 15 is 0 Å². The van der Waals surface area contributed by atoms with Crippen LogP contribution in [-0.4, -0.2) is 46.1 Å². The topological polar surface area (TPSA) is 101 Å². The van der Waals surface area contributed by atoms with Gasteiger partial charge in [-0.1, -0.05) is 38.8 Å². The first-order valence-electron chi connectivity index (χ1n) is 12.1. The molecule has 0 spiro atoms. The Morgan fingerprint density at radius 3 is 2.69 bits per heavy atom. The van der Waals surface area contributed by atoms with E-state index in [4.69, 9.17) is 4.74 Å². The quantitative estimate of drug-likeness (QED) is 0.610. The smallest absolute Gasteiger partial charge is 0.306 e. The van der Waals surface area contributed by atoms with Crippen LogP contribution in [0.3, 0.4) is 0 Å². The van der Waals surface area contributed by atoms with Gasteiger partial charge in [0.25, 0.3) is 0 Å². The second-order valence-electron chi connectivity index (χ2n) is 10.7. The lowest BCUT2D eigenvalue weighted by Crippen LogP contribution is -2.63. The lowest BCUT2D eigenvalue weighted by atomic mass is 9.46. The maximum absolute atomic E-state index is 13.1. The van der Waals surface area contributed by atoms with Crippen molar-refractivity contribution in [3.05, 3.63) is 23.8 Å². The summed E-state index contributed by atoms with van der Waals surface area (Å²) in [7, 11) is 0. The molecule has 0 aromatic carbocycles. The Morgan fingerprint density at radius 2 is 2.00 bits per heavy atom. The van der Waals surface area contributed by atoms with Crippen LogP contribution in [-0.2, 0) is 19.1 Å².